The van der Waals surface area contributed by atoms with Gasteiger partial charge < -0.3 is 4.74 Å². The van der Waals surface area contributed by atoms with Crippen molar-refractivity contribution in [3.63, 3.8) is 0 Å². The van der Waals surface area contributed by atoms with Gasteiger partial charge in [0.25, 0.3) is 0 Å². The average molecular weight is 156 g/mol. The molecule has 0 saturated carbocycles. The molecule has 0 aliphatic rings. The van der Waals surface area contributed by atoms with Crippen LogP contribution in [0.1, 0.15) is 33.1 Å². The highest BCUT2D eigenvalue weighted by molar-refractivity contribution is 5.68. The van der Waals surface area contributed by atoms with Gasteiger partial charge in [0.05, 0.1) is 6.61 Å². The van der Waals surface area contributed by atoms with Gasteiger partial charge in [-0.25, -0.2) is 0 Å². The van der Waals surface area contributed by atoms with Crippen LogP contribution in [0.3, 0.4) is 0 Å². The summed E-state index contributed by atoms with van der Waals surface area (Å²) in [4.78, 5) is 10.6. The van der Waals surface area contributed by atoms with Crippen LogP contribution in [0.4, 0.5) is 0 Å². The number of carbonyl (C=O) groups excluding carboxylic acids is 1. The minimum atomic E-state index is -0.116. The average Bonchev–Trinajstić information content (AvgIpc) is 2.04. The summed E-state index contributed by atoms with van der Waals surface area (Å²) in [6.07, 6.45) is 6.45. The fourth-order valence-corrected chi connectivity index (χ4v) is 0.627. The van der Waals surface area contributed by atoms with Crippen LogP contribution < -0.4 is 0 Å². The summed E-state index contributed by atoms with van der Waals surface area (Å²) in [6, 6.07) is 0. The van der Waals surface area contributed by atoms with Crippen molar-refractivity contribution in [2.24, 2.45) is 0 Å². The van der Waals surface area contributed by atoms with Gasteiger partial charge in [0.2, 0.25) is 0 Å². The van der Waals surface area contributed by atoms with Gasteiger partial charge in [-0.1, -0.05) is 26.0 Å². The molecule has 0 amide bonds. The molecule has 0 spiro atoms. The molecule has 0 aliphatic carbocycles. The monoisotopic (exact) mass is 156 g/mol. The molecule has 0 rings (SSSR count). The second-order valence-corrected chi connectivity index (χ2v) is 2.24. The quantitative estimate of drug-likeness (QED) is 0.347. The zero-order valence-corrected chi connectivity index (χ0v) is 7.30. The van der Waals surface area contributed by atoms with E-state index in [-0.39, 0.29) is 5.97 Å². The molecule has 2 nitrogen and oxygen atoms in total. The Kier molecular flexibility index (Phi) is 6.79. The SMILES string of the molecule is CC/C=C/CCOC(=O)CC. The lowest BCUT2D eigenvalue weighted by atomic mass is 10.3. The minimum absolute atomic E-state index is 0.116. The lowest BCUT2D eigenvalue weighted by Crippen LogP contribution is -2.02. The molecule has 0 fully saturated rings. The first-order chi connectivity index (χ1) is 5.31. The molecule has 2 heteroatoms. The molecule has 11 heavy (non-hydrogen) atoms. The van der Waals surface area contributed by atoms with Crippen molar-refractivity contribution in [1.29, 1.82) is 0 Å². The molecule has 0 saturated heterocycles. The fraction of sp³-hybridized carbons (Fsp3) is 0.667. The molecule has 0 aliphatic heterocycles. The summed E-state index contributed by atoms with van der Waals surface area (Å²) in [5, 5.41) is 0. The third-order valence-corrected chi connectivity index (χ3v) is 1.24. The van der Waals surface area contributed by atoms with E-state index in [0.717, 1.165) is 12.8 Å². The highest BCUT2D eigenvalue weighted by Crippen LogP contribution is 1.90. The zero-order chi connectivity index (χ0) is 8.53. The lowest BCUT2D eigenvalue weighted by Gasteiger charge is -1.98. The first-order valence-electron chi connectivity index (χ1n) is 4.11. The van der Waals surface area contributed by atoms with E-state index < -0.39 is 0 Å². The van der Waals surface area contributed by atoms with Gasteiger partial charge in [-0.3, -0.25) is 4.79 Å². The lowest BCUT2D eigenvalue weighted by molar-refractivity contribution is -0.143. The first kappa shape index (κ1) is 10.2. The third-order valence-electron chi connectivity index (χ3n) is 1.24. The molecule has 0 aromatic carbocycles. The molecule has 0 radical (unpaired) electrons. The number of hydrogen-bond donors (Lipinski definition) is 0. The van der Waals surface area contributed by atoms with Crippen molar-refractivity contribution >= 4 is 5.97 Å². The largest absolute Gasteiger partial charge is 0.465 e. The number of rotatable bonds is 5. The summed E-state index contributed by atoms with van der Waals surface area (Å²) >= 11 is 0. The molecule has 0 atom stereocenters. The normalized spacial score (nSPS) is 10.4. The predicted octanol–water partition coefficient (Wildman–Crippen LogP) is 2.30. The summed E-state index contributed by atoms with van der Waals surface area (Å²) in [5.74, 6) is -0.116. The highest BCUT2D eigenvalue weighted by atomic mass is 16.5. The van der Waals surface area contributed by atoms with Crippen molar-refractivity contribution in [2.75, 3.05) is 6.61 Å². The molecular formula is C9H16O2. The van der Waals surface area contributed by atoms with E-state index in [1.54, 1.807) is 6.92 Å². The highest BCUT2D eigenvalue weighted by Gasteiger charge is 1.94. The Hall–Kier alpha value is -0.790. The molecule has 0 N–H and O–H groups in total. The Morgan fingerprint density at radius 2 is 2.09 bits per heavy atom. The molecule has 64 valence electrons. The maximum absolute atomic E-state index is 10.6. The van der Waals surface area contributed by atoms with Gasteiger partial charge in [0.1, 0.15) is 0 Å². The third kappa shape index (κ3) is 7.10. The molecule has 0 heterocycles. The van der Waals surface area contributed by atoms with Crippen molar-refractivity contribution in [1.82, 2.24) is 0 Å². The van der Waals surface area contributed by atoms with Crippen molar-refractivity contribution in [3.8, 4) is 0 Å². The maximum atomic E-state index is 10.6. The molecule has 0 aromatic heterocycles. The van der Waals surface area contributed by atoms with Gasteiger partial charge in [-0.05, 0) is 12.8 Å². The topological polar surface area (TPSA) is 26.3 Å². The van der Waals surface area contributed by atoms with E-state index in [9.17, 15) is 4.79 Å². The van der Waals surface area contributed by atoms with Crippen LogP contribution in [-0.4, -0.2) is 12.6 Å². The smallest absolute Gasteiger partial charge is 0.305 e. The Labute approximate surface area is 68.2 Å². The van der Waals surface area contributed by atoms with Crippen LogP contribution in [0.5, 0.6) is 0 Å². The number of esters is 1. The summed E-state index contributed by atoms with van der Waals surface area (Å²) in [5.41, 5.74) is 0. The Bertz CT molecular complexity index is 128. The van der Waals surface area contributed by atoms with Gasteiger partial charge in [-0.15, -0.1) is 0 Å². The van der Waals surface area contributed by atoms with E-state index >= 15 is 0 Å². The molecule has 0 bridgehead atoms. The van der Waals surface area contributed by atoms with Crippen LogP contribution in [-0.2, 0) is 9.53 Å². The Morgan fingerprint density at radius 3 is 2.64 bits per heavy atom. The summed E-state index contributed by atoms with van der Waals surface area (Å²) < 4.78 is 4.85. The van der Waals surface area contributed by atoms with Gasteiger partial charge in [0, 0.05) is 6.42 Å². The van der Waals surface area contributed by atoms with E-state index in [2.05, 4.69) is 13.0 Å². The van der Waals surface area contributed by atoms with Crippen LogP contribution in [0.25, 0.3) is 0 Å². The Morgan fingerprint density at radius 1 is 1.36 bits per heavy atom. The second kappa shape index (κ2) is 7.32. The standard InChI is InChI=1S/C9H16O2/c1-3-5-6-7-8-11-9(10)4-2/h5-6H,3-4,7-8H2,1-2H3/b6-5+. The number of hydrogen-bond acceptors (Lipinski definition) is 2. The fourth-order valence-electron chi connectivity index (χ4n) is 0.627. The molecule has 0 unspecified atom stereocenters. The van der Waals surface area contributed by atoms with Gasteiger partial charge in [0.15, 0.2) is 0 Å². The zero-order valence-electron chi connectivity index (χ0n) is 7.30. The number of allylic oxidation sites excluding steroid dienone is 1. The van der Waals surface area contributed by atoms with Crippen LogP contribution in [0, 0.1) is 0 Å². The van der Waals surface area contributed by atoms with Gasteiger partial charge in [-0.2, -0.15) is 0 Å². The number of ether oxygens (including phenoxy) is 1. The van der Waals surface area contributed by atoms with Crippen LogP contribution >= 0.6 is 0 Å². The van der Waals surface area contributed by atoms with Crippen LogP contribution in [0.2, 0.25) is 0 Å². The van der Waals surface area contributed by atoms with E-state index in [4.69, 9.17) is 4.74 Å². The summed E-state index contributed by atoms with van der Waals surface area (Å²) in [6.45, 7) is 4.39. The maximum Gasteiger partial charge on any atom is 0.305 e. The number of carbonyl (C=O) groups is 1. The van der Waals surface area contributed by atoms with Crippen LogP contribution in [0.15, 0.2) is 12.2 Å². The molecular weight excluding hydrogens is 140 g/mol. The molecule has 0 aromatic rings. The van der Waals surface area contributed by atoms with E-state index in [1.807, 2.05) is 6.08 Å². The van der Waals surface area contributed by atoms with E-state index in [1.165, 1.54) is 0 Å². The minimum Gasteiger partial charge on any atom is -0.465 e. The second-order valence-electron chi connectivity index (χ2n) is 2.24. The van der Waals surface area contributed by atoms with Crippen molar-refractivity contribution in [3.05, 3.63) is 12.2 Å². The Balaban J connectivity index is 3.14. The van der Waals surface area contributed by atoms with Gasteiger partial charge >= 0.3 is 5.97 Å². The summed E-state index contributed by atoms with van der Waals surface area (Å²) in [7, 11) is 0. The van der Waals surface area contributed by atoms with Crippen molar-refractivity contribution in [2.45, 2.75) is 33.1 Å². The van der Waals surface area contributed by atoms with E-state index in [0.29, 0.717) is 13.0 Å². The first-order valence-corrected chi connectivity index (χ1v) is 4.11. The predicted molar refractivity (Wildman–Crippen MR) is 45.3 cm³/mol. The van der Waals surface area contributed by atoms with Crippen molar-refractivity contribution < 1.29 is 9.53 Å².